The number of nitrogens with zero attached hydrogens (tertiary/aromatic N) is 1. The summed E-state index contributed by atoms with van der Waals surface area (Å²) in [5.74, 6) is -3.90. The van der Waals surface area contributed by atoms with Gasteiger partial charge in [0.05, 0.1) is 18.4 Å². The number of allylic oxidation sites excluding steroid dienone is 6. The minimum Gasteiger partial charge on any atom is -0.491 e. The van der Waals surface area contributed by atoms with Gasteiger partial charge in [0, 0.05) is 22.6 Å². The number of carbonyl (C=O) groups excluding carboxylic acids is 5. The molecule has 9 nitrogen and oxygen atoms in total. The number of Topliss-reactive ketones (excluding diaryl/α,β-unsaturated/α-hetero) is 1. The summed E-state index contributed by atoms with van der Waals surface area (Å²) in [6.45, 7) is 1.59. The van der Waals surface area contributed by atoms with Crippen LogP contribution in [-0.2, 0) is 19.2 Å². The average Bonchev–Trinajstić information content (AvgIpc) is 3.10. The van der Waals surface area contributed by atoms with Crippen LogP contribution in [0.2, 0.25) is 0 Å². The lowest BCUT2D eigenvalue weighted by molar-refractivity contribution is -0.136. The van der Waals surface area contributed by atoms with Gasteiger partial charge in [-0.25, -0.2) is 4.79 Å². The molecule has 1 aliphatic heterocycles. The zero-order valence-electron chi connectivity index (χ0n) is 19.0. The van der Waals surface area contributed by atoms with Gasteiger partial charge in [0.25, 0.3) is 0 Å². The Balaban J connectivity index is 1.62. The molecule has 4 aliphatic rings. The molecule has 1 aromatic carbocycles. The van der Waals surface area contributed by atoms with E-state index in [9.17, 15) is 24.0 Å². The number of carbonyl (C=O) groups is 5. The molecule has 3 N–H and O–H groups in total. The van der Waals surface area contributed by atoms with Crippen LogP contribution in [0, 0.1) is 17.8 Å². The van der Waals surface area contributed by atoms with Crippen molar-refractivity contribution in [2.24, 2.45) is 23.5 Å². The number of ether oxygens (including phenoxy) is 1. The van der Waals surface area contributed by atoms with E-state index < -0.39 is 41.5 Å². The largest absolute Gasteiger partial charge is 0.491 e. The van der Waals surface area contributed by atoms with Gasteiger partial charge in [-0.1, -0.05) is 23.8 Å². The molecule has 1 fully saturated rings. The summed E-state index contributed by atoms with van der Waals surface area (Å²) < 4.78 is 5.44. The van der Waals surface area contributed by atoms with Crippen LogP contribution >= 0.6 is 0 Å². The number of benzene rings is 1. The standard InChI is InChI=1S/C26H24N2O7/c1-12-10-19(30)22-18(23(12)31)11-17-15(20(22)13-2-4-14(5-3-13)35-9-8-29)6-7-16-21(17)25(33)28(24(16)32)26(27)34/h2-6,10,16-17,20-21,29H,7-9,11H2,1H3,(H2,27,34)/t16-,17+,20-,21-/m0/s1. The van der Waals surface area contributed by atoms with Crippen LogP contribution < -0.4 is 10.5 Å². The Morgan fingerprint density at radius 2 is 1.83 bits per heavy atom. The van der Waals surface area contributed by atoms with Crippen molar-refractivity contribution >= 4 is 29.4 Å². The van der Waals surface area contributed by atoms with E-state index in [1.165, 1.54) is 6.08 Å². The molecule has 1 aromatic rings. The van der Waals surface area contributed by atoms with E-state index >= 15 is 0 Å². The van der Waals surface area contributed by atoms with Crippen molar-refractivity contribution in [3.05, 3.63) is 64.3 Å². The van der Waals surface area contributed by atoms with Crippen LogP contribution in [0.3, 0.4) is 0 Å². The number of hydrogen-bond donors (Lipinski definition) is 2. The van der Waals surface area contributed by atoms with E-state index in [2.05, 4.69) is 0 Å². The van der Waals surface area contributed by atoms with Crippen LogP contribution in [0.1, 0.15) is 31.2 Å². The van der Waals surface area contributed by atoms with Crippen molar-refractivity contribution in [1.29, 1.82) is 0 Å². The monoisotopic (exact) mass is 476 g/mol. The zero-order chi connectivity index (χ0) is 25.0. The normalized spacial score (nSPS) is 27.8. The summed E-state index contributed by atoms with van der Waals surface area (Å²) in [7, 11) is 0. The smallest absolute Gasteiger partial charge is 0.328 e. The number of aliphatic hydroxyl groups is 1. The number of primary amides is 1. The third kappa shape index (κ3) is 3.46. The van der Waals surface area contributed by atoms with Gasteiger partial charge in [-0.2, -0.15) is 4.90 Å². The van der Waals surface area contributed by atoms with Crippen LogP contribution in [0.25, 0.3) is 0 Å². The van der Waals surface area contributed by atoms with Gasteiger partial charge in [0.2, 0.25) is 11.8 Å². The Kier molecular flexibility index (Phi) is 5.52. The predicted octanol–water partition coefficient (Wildman–Crippen LogP) is 1.57. The Morgan fingerprint density at radius 1 is 1.11 bits per heavy atom. The van der Waals surface area contributed by atoms with Crippen molar-refractivity contribution in [2.45, 2.75) is 25.7 Å². The highest BCUT2D eigenvalue weighted by Gasteiger charge is 2.57. The molecule has 1 heterocycles. The van der Waals surface area contributed by atoms with Gasteiger partial charge < -0.3 is 15.6 Å². The van der Waals surface area contributed by atoms with E-state index in [1.807, 2.05) is 6.08 Å². The summed E-state index contributed by atoms with van der Waals surface area (Å²) in [6.07, 6.45) is 3.59. The fourth-order valence-electron chi connectivity index (χ4n) is 5.90. The van der Waals surface area contributed by atoms with Crippen molar-refractivity contribution < 1.29 is 33.8 Å². The summed E-state index contributed by atoms with van der Waals surface area (Å²) >= 11 is 0. The van der Waals surface area contributed by atoms with Crippen molar-refractivity contribution in [2.75, 3.05) is 13.2 Å². The predicted molar refractivity (Wildman–Crippen MR) is 122 cm³/mol. The number of nitrogens with two attached hydrogens (primary N) is 1. The highest BCUT2D eigenvalue weighted by Crippen LogP contribution is 2.55. The van der Waals surface area contributed by atoms with Gasteiger partial charge >= 0.3 is 6.03 Å². The first-order valence-electron chi connectivity index (χ1n) is 11.5. The molecule has 5 rings (SSSR count). The third-order valence-corrected chi connectivity index (χ3v) is 7.36. The number of urea groups is 1. The number of amides is 4. The molecule has 0 radical (unpaired) electrons. The van der Waals surface area contributed by atoms with E-state index in [0.29, 0.717) is 27.4 Å². The van der Waals surface area contributed by atoms with Gasteiger partial charge in [0.15, 0.2) is 11.6 Å². The number of fused-ring (bicyclic) bond motifs is 3. The fourth-order valence-corrected chi connectivity index (χ4v) is 5.90. The maximum atomic E-state index is 13.2. The van der Waals surface area contributed by atoms with Gasteiger partial charge in [-0.05, 0) is 49.5 Å². The lowest BCUT2D eigenvalue weighted by Gasteiger charge is -2.42. The summed E-state index contributed by atoms with van der Waals surface area (Å²) in [4.78, 5) is 64.6. The number of hydrogen-bond acceptors (Lipinski definition) is 7. The SMILES string of the molecule is CC1=CC(=O)C2=C(C[C@@H]3C(=CC[C@@H]4C(=O)N(C(N)=O)C(=O)[C@@H]43)[C@@H]2c2ccc(OCCO)cc2)C1=O. The van der Waals surface area contributed by atoms with Crippen LogP contribution in [0.15, 0.2) is 58.7 Å². The van der Waals surface area contributed by atoms with E-state index in [-0.39, 0.29) is 37.6 Å². The Morgan fingerprint density at radius 3 is 2.49 bits per heavy atom. The molecule has 3 aliphatic carbocycles. The van der Waals surface area contributed by atoms with Gasteiger partial charge in [-0.15, -0.1) is 0 Å². The third-order valence-electron chi connectivity index (χ3n) is 7.36. The Bertz CT molecular complexity index is 1270. The van der Waals surface area contributed by atoms with E-state index in [1.54, 1.807) is 31.2 Å². The van der Waals surface area contributed by atoms with Crippen LogP contribution in [0.5, 0.6) is 5.75 Å². The zero-order valence-corrected chi connectivity index (χ0v) is 19.0. The Labute approximate surface area is 200 Å². The second-order valence-electron chi connectivity index (χ2n) is 9.22. The molecule has 9 heteroatoms. The maximum absolute atomic E-state index is 13.2. The molecule has 180 valence electrons. The molecule has 4 amide bonds. The first-order chi connectivity index (χ1) is 16.7. The highest BCUT2D eigenvalue weighted by molar-refractivity contribution is 6.24. The molecular formula is C26H24N2O7. The second kappa shape index (κ2) is 8.42. The maximum Gasteiger partial charge on any atom is 0.328 e. The first-order valence-corrected chi connectivity index (χ1v) is 11.5. The lowest BCUT2D eigenvalue weighted by Crippen LogP contribution is -2.42. The number of aliphatic hydroxyl groups excluding tert-OH is 1. The molecule has 0 spiro atoms. The minimum absolute atomic E-state index is 0.130. The van der Waals surface area contributed by atoms with E-state index in [0.717, 1.165) is 11.1 Å². The molecule has 4 atom stereocenters. The quantitative estimate of drug-likeness (QED) is 0.381. The van der Waals surface area contributed by atoms with Crippen molar-refractivity contribution in [3.8, 4) is 5.75 Å². The minimum atomic E-state index is -1.11. The molecule has 1 saturated heterocycles. The summed E-state index contributed by atoms with van der Waals surface area (Å²) in [6, 6.07) is 5.91. The molecule has 0 aromatic heterocycles. The molecule has 0 saturated carbocycles. The van der Waals surface area contributed by atoms with Gasteiger partial charge in [0.1, 0.15) is 12.4 Å². The van der Waals surface area contributed by atoms with Crippen LogP contribution in [-0.4, -0.2) is 52.6 Å². The lowest BCUT2D eigenvalue weighted by atomic mass is 9.59. The van der Waals surface area contributed by atoms with Crippen LogP contribution in [0.4, 0.5) is 4.79 Å². The topological polar surface area (TPSA) is 144 Å². The average molecular weight is 476 g/mol. The summed E-state index contributed by atoms with van der Waals surface area (Å²) in [5, 5.41) is 8.99. The van der Waals surface area contributed by atoms with E-state index in [4.69, 9.17) is 15.6 Å². The first kappa shape index (κ1) is 22.9. The number of rotatable bonds is 4. The highest BCUT2D eigenvalue weighted by atomic mass is 16.5. The molecule has 0 bridgehead atoms. The number of likely N-dealkylation sites (tertiary alicyclic amines) is 1. The second-order valence-corrected chi connectivity index (χ2v) is 9.22. The van der Waals surface area contributed by atoms with Crippen molar-refractivity contribution in [3.63, 3.8) is 0 Å². The van der Waals surface area contributed by atoms with Gasteiger partial charge in [-0.3, -0.25) is 19.2 Å². The molecule has 35 heavy (non-hydrogen) atoms. The number of ketones is 2. The number of imide groups is 3. The van der Waals surface area contributed by atoms with Crippen molar-refractivity contribution in [1.82, 2.24) is 4.90 Å². The fraction of sp³-hybridized carbons (Fsp3) is 0.346. The summed E-state index contributed by atoms with van der Waals surface area (Å²) in [5.41, 5.74) is 7.90. The molecular weight excluding hydrogens is 452 g/mol. The Hall–Kier alpha value is -3.85. The molecule has 0 unspecified atom stereocenters.